The molecule has 0 aliphatic carbocycles. The molecule has 0 saturated carbocycles. The Morgan fingerprint density at radius 3 is 2.63 bits per heavy atom. The molecule has 2 N–H and O–H groups in total. The van der Waals surface area contributed by atoms with Crippen molar-refractivity contribution in [1.82, 2.24) is 4.90 Å². The van der Waals surface area contributed by atoms with Gasteiger partial charge in [0.15, 0.2) is 0 Å². The third-order valence-corrected chi connectivity index (χ3v) is 3.57. The fraction of sp³-hybridized carbons (Fsp3) is 0.625. The van der Waals surface area contributed by atoms with Gasteiger partial charge in [-0.15, -0.1) is 0 Å². The first-order chi connectivity index (χ1) is 9.17. The van der Waals surface area contributed by atoms with E-state index in [4.69, 9.17) is 10.5 Å². The monoisotopic (exact) mass is 262 g/mol. The lowest BCUT2D eigenvalue weighted by atomic mass is 9.96. The molecule has 2 unspecified atom stereocenters. The van der Waals surface area contributed by atoms with Crippen molar-refractivity contribution in [3.63, 3.8) is 0 Å². The molecule has 0 bridgehead atoms. The minimum absolute atomic E-state index is 0.330. The zero-order valence-electron chi connectivity index (χ0n) is 12.1. The molecule has 19 heavy (non-hydrogen) atoms. The van der Waals surface area contributed by atoms with Crippen molar-refractivity contribution in [1.29, 1.82) is 0 Å². The average Bonchev–Trinajstić information content (AvgIpc) is 2.37. The number of hydrogen-bond acceptors (Lipinski definition) is 3. The van der Waals surface area contributed by atoms with E-state index in [1.807, 2.05) is 0 Å². The number of rotatable bonds is 5. The summed E-state index contributed by atoms with van der Waals surface area (Å²) in [4.78, 5) is 2.46. The van der Waals surface area contributed by atoms with Gasteiger partial charge in [-0.25, -0.2) is 0 Å². The number of piperidine rings is 1. The van der Waals surface area contributed by atoms with E-state index in [0.29, 0.717) is 12.0 Å². The van der Waals surface area contributed by atoms with Gasteiger partial charge in [0.2, 0.25) is 0 Å². The van der Waals surface area contributed by atoms with Gasteiger partial charge in [-0.2, -0.15) is 0 Å². The number of nitrogens with zero attached hydrogens (tertiary/aromatic N) is 1. The molecule has 0 amide bonds. The van der Waals surface area contributed by atoms with Gasteiger partial charge in [0.1, 0.15) is 5.75 Å². The van der Waals surface area contributed by atoms with Crippen molar-refractivity contribution < 1.29 is 4.74 Å². The lowest BCUT2D eigenvalue weighted by Crippen LogP contribution is -2.45. The molecule has 2 atom stereocenters. The maximum atomic E-state index is 6.09. The van der Waals surface area contributed by atoms with Crippen molar-refractivity contribution in [3.05, 3.63) is 29.8 Å². The fourth-order valence-electron chi connectivity index (χ4n) is 2.81. The highest BCUT2D eigenvalue weighted by atomic mass is 16.5. The van der Waals surface area contributed by atoms with Gasteiger partial charge < -0.3 is 10.5 Å². The third-order valence-electron chi connectivity index (χ3n) is 3.57. The molecule has 1 heterocycles. The van der Waals surface area contributed by atoms with E-state index in [0.717, 1.165) is 44.8 Å². The predicted molar refractivity (Wildman–Crippen MR) is 79.3 cm³/mol. The highest BCUT2D eigenvalue weighted by Crippen LogP contribution is 2.19. The van der Waals surface area contributed by atoms with Crippen LogP contribution in [0.1, 0.15) is 32.3 Å². The quantitative estimate of drug-likeness (QED) is 0.886. The van der Waals surface area contributed by atoms with Crippen molar-refractivity contribution in [2.24, 2.45) is 11.7 Å². The summed E-state index contributed by atoms with van der Waals surface area (Å²) in [5.41, 5.74) is 7.42. The van der Waals surface area contributed by atoms with E-state index in [-0.39, 0.29) is 0 Å². The first-order valence-corrected chi connectivity index (χ1v) is 7.37. The molecular weight excluding hydrogens is 236 g/mol. The fourth-order valence-corrected chi connectivity index (χ4v) is 2.81. The molecule has 0 aromatic heterocycles. The van der Waals surface area contributed by atoms with Gasteiger partial charge in [-0.3, -0.25) is 4.90 Å². The molecular formula is C16H26N2O. The van der Waals surface area contributed by atoms with Crippen molar-refractivity contribution in [2.45, 2.75) is 39.3 Å². The summed E-state index contributed by atoms with van der Waals surface area (Å²) in [6.45, 7) is 8.35. The average molecular weight is 262 g/mol. The lowest BCUT2D eigenvalue weighted by Gasteiger charge is -2.34. The summed E-state index contributed by atoms with van der Waals surface area (Å²) in [5.74, 6) is 1.67. The van der Waals surface area contributed by atoms with E-state index in [1.54, 1.807) is 0 Å². The zero-order chi connectivity index (χ0) is 13.7. The summed E-state index contributed by atoms with van der Waals surface area (Å²) in [5, 5.41) is 0. The van der Waals surface area contributed by atoms with Gasteiger partial charge in [-0.05, 0) is 36.5 Å². The molecule has 3 heteroatoms. The number of ether oxygens (including phenoxy) is 1. The van der Waals surface area contributed by atoms with Gasteiger partial charge in [0.25, 0.3) is 0 Å². The van der Waals surface area contributed by atoms with Gasteiger partial charge in [0, 0.05) is 25.7 Å². The number of nitrogens with two attached hydrogens (primary N) is 1. The SMILES string of the molecule is CCCOc1ccc(CN2CC(C)CC(N)C2)cc1. The Hall–Kier alpha value is -1.06. The topological polar surface area (TPSA) is 38.5 Å². The number of likely N-dealkylation sites (tertiary alicyclic amines) is 1. The molecule has 1 aliphatic heterocycles. The maximum Gasteiger partial charge on any atom is 0.119 e. The molecule has 1 aliphatic rings. The van der Waals surface area contributed by atoms with Crippen LogP contribution in [0, 0.1) is 5.92 Å². The maximum absolute atomic E-state index is 6.09. The lowest BCUT2D eigenvalue weighted by molar-refractivity contribution is 0.158. The summed E-state index contributed by atoms with van der Waals surface area (Å²) < 4.78 is 5.60. The molecule has 1 saturated heterocycles. The van der Waals surface area contributed by atoms with Crippen LogP contribution < -0.4 is 10.5 Å². The first kappa shape index (κ1) is 14.4. The molecule has 0 spiro atoms. The Bertz CT molecular complexity index is 367. The Balaban J connectivity index is 1.88. The second-order valence-corrected chi connectivity index (χ2v) is 5.79. The smallest absolute Gasteiger partial charge is 0.119 e. The molecule has 106 valence electrons. The van der Waals surface area contributed by atoms with Gasteiger partial charge in [-0.1, -0.05) is 26.0 Å². The van der Waals surface area contributed by atoms with Crippen LogP contribution in [0.4, 0.5) is 0 Å². The molecule has 1 aromatic rings. The van der Waals surface area contributed by atoms with E-state index in [1.165, 1.54) is 5.56 Å². The van der Waals surface area contributed by atoms with Gasteiger partial charge in [0.05, 0.1) is 6.61 Å². The minimum Gasteiger partial charge on any atom is -0.494 e. The second-order valence-electron chi connectivity index (χ2n) is 5.79. The predicted octanol–water partition coefficient (Wildman–Crippen LogP) is 2.64. The standard InChI is InChI=1S/C16H26N2O/c1-3-8-19-16-6-4-14(5-7-16)11-18-10-13(2)9-15(17)12-18/h4-7,13,15H,3,8-12,17H2,1-2H3. The van der Waals surface area contributed by atoms with Crippen LogP contribution in [0.2, 0.25) is 0 Å². The van der Waals surface area contributed by atoms with E-state index in [9.17, 15) is 0 Å². The highest BCUT2D eigenvalue weighted by molar-refractivity contribution is 5.27. The van der Waals surface area contributed by atoms with E-state index < -0.39 is 0 Å². The van der Waals surface area contributed by atoms with E-state index >= 15 is 0 Å². The minimum atomic E-state index is 0.330. The van der Waals surface area contributed by atoms with Crippen LogP contribution in [0.3, 0.4) is 0 Å². The summed E-state index contributed by atoms with van der Waals surface area (Å²) >= 11 is 0. The van der Waals surface area contributed by atoms with Crippen LogP contribution in [-0.4, -0.2) is 30.6 Å². The normalized spacial score (nSPS) is 24.4. The zero-order valence-corrected chi connectivity index (χ0v) is 12.1. The Morgan fingerprint density at radius 1 is 1.26 bits per heavy atom. The van der Waals surface area contributed by atoms with Crippen molar-refractivity contribution >= 4 is 0 Å². The number of hydrogen-bond donors (Lipinski definition) is 1. The van der Waals surface area contributed by atoms with Crippen LogP contribution in [-0.2, 0) is 6.54 Å². The Labute approximate surface area is 116 Å². The highest BCUT2D eigenvalue weighted by Gasteiger charge is 2.21. The largest absolute Gasteiger partial charge is 0.494 e. The van der Waals surface area contributed by atoms with Crippen molar-refractivity contribution in [2.75, 3.05) is 19.7 Å². The molecule has 1 aromatic carbocycles. The third kappa shape index (κ3) is 4.51. The van der Waals surface area contributed by atoms with Crippen LogP contribution in [0.5, 0.6) is 5.75 Å². The van der Waals surface area contributed by atoms with Crippen LogP contribution in [0.15, 0.2) is 24.3 Å². The second kappa shape index (κ2) is 6.92. The van der Waals surface area contributed by atoms with Crippen LogP contribution >= 0.6 is 0 Å². The van der Waals surface area contributed by atoms with Gasteiger partial charge >= 0.3 is 0 Å². The summed E-state index contributed by atoms with van der Waals surface area (Å²) in [6, 6.07) is 8.79. The molecule has 3 nitrogen and oxygen atoms in total. The van der Waals surface area contributed by atoms with Crippen molar-refractivity contribution in [3.8, 4) is 5.75 Å². The summed E-state index contributed by atoms with van der Waals surface area (Å²) in [7, 11) is 0. The molecule has 2 rings (SSSR count). The van der Waals surface area contributed by atoms with E-state index in [2.05, 4.69) is 43.0 Å². The molecule has 0 radical (unpaired) electrons. The first-order valence-electron chi connectivity index (χ1n) is 7.37. The Kier molecular flexibility index (Phi) is 5.23. The van der Waals surface area contributed by atoms with Crippen LogP contribution in [0.25, 0.3) is 0 Å². The Morgan fingerprint density at radius 2 is 2.00 bits per heavy atom. The number of benzene rings is 1. The molecule has 1 fully saturated rings. The summed E-state index contributed by atoms with van der Waals surface area (Å²) in [6.07, 6.45) is 2.20.